The number of halogens is 1. The van der Waals surface area contributed by atoms with Gasteiger partial charge in [-0.25, -0.2) is 0 Å². The highest BCUT2D eigenvalue weighted by molar-refractivity contribution is 6.32. The maximum absolute atomic E-state index is 12.7. The van der Waals surface area contributed by atoms with Crippen LogP contribution in [0.3, 0.4) is 0 Å². The predicted molar refractivity (Wildman–Crippen MR) is 107 cm³/mol. The number of hydrogen-bond donors (Lipinski definition) is 1. The molecule has 2 aliphatic rings. The monoisotopic (exact) mass is 414 g/mol. The summed E-state index contributed by atoms with van der Waals surface area (Å²) < 4.78 is 10.6. The van der Waals surface area contributed by atoms with Gasteiger partial charge in [-0.3, -0.25) is 19.3 Å². The van der Waals surface area contributed by atoms with Gasteiger partial charge in [0.15, 0.2) is 0 Å². The van der Waals surface area contributed by atoms with Gasteiger partial charge in [-0.15, -0.1) is 0 Å². The Morgan fingerprint density at radius 1 is 1.21 bits per heavy atom. The van der Waals surface area contributed by atoms with Crippen molar-refractivity contribution in [3.8, 4) is 5.75 Å². The first-order chi connectivity index (χ1) is 14.0. The third-order valence-electron chi connectivity index (χ3n) is 5.05. The number of ether oxygens (including phenoxy) is 2. The van der Waals surface area contributed by atoms with E-state index in [2.05, 4.69) is 5.32 Å². The smallest absolute Gasteiger partial charge is 0.261 e. The van der Waals surface area contributed by atoms with Crippen molar-refractivity contribution in [1.82, 2.24) is 4.90 Å². The molecule has 7 nitrogen and oxygen atoms in total. The molecule has 8 heteroatoms. The SMILES string of the molecule is COc1ccc(NC(=O)c2ccc3c(c2)C(=O)N(CC2CCCO2)C3=O)cc1Cl. The minimum atomic E-state index is -0.410. The first-order valence-corrected chi connectivity index (χ1v) is 9.62. The van der Waals surface area contributed by atoms with E-state index in [0.29, 0.717) is 28.6 Å². The summed E-state index contributed by atoms with van der Waals surface area (Å²) in [6, 6.07) is 9.37. The second kappa shape index (κ2) is 7.85. The molecule has 2 aromatic carbocycles. The Morgan fingerprint density at radius 3 is 2.69 bits per heavy atom. The fourth-order valence-electron chi connectivity index (χ4n) is 3.54. The van der Waals surface area contributed by atoms with Crippen LogP contribution in [0.2, 0.25) is 5.02 Å². The van der Waals surface area contributed by atoms with Gasteiger partial charge < -0.3 is 14.8 Å². The number of hydrogen-bond acceptors (Lipinski definition) is 5. The molecule has 1 N–H and O–H groups in total. The largest absolute Gasteiger partial charge is 0.495 e. The fraction of sp³-hybridized carbons (Fsp3) is 0.286. The van der Waals surface area contributed by atoms with Gasteiger partial charge >= 0.3 is 0 Å². The Bertz CT molecular complexity index is 1000. The van der Waals surface area contributed by atoms with E-state index in [1.807, 2.05) is 0 Å². The zero-order valence-corrected chi connectivity index (χ0v) is 16.5. The van der Waals surface area contributed by atoms with Crippen LogP contribution in [0.25, 0.3) is 0 Å². The molecule has 1 unspecified atom stereocenters. The average Bonchev–Trinajstić information content (AvgIpc) is 3.31. The molecule has 2 aromatic rings. The Kier molecular flexibility index (Phi) is 5.25. The quantitative estimate of drug-likeness (QED) is 0.758. The Labute approximate surface area is 172 Å². The molecule has 1 fully saturated rings. The topological polar surface area (TPSA) is 84.9 Å². The first-order valence-electron chi connectivity index (χ1n) is 9.24. The molecule has 4 rings (SSSR count). The zero-order chi connectivity index (χ0) is 20.5. The number of nitrogens with one attached hydrogen (secondary N) is 1. The number of rotatable bonds is 5. The molecule has 3 amide bonds. The molecule has 0 spiro atoms. The van der Waals surface area contributed by atoms with Crippen LogP contribution in [0.5, 0.6) is 5.75 Å². The highest BCUT2D eigenvalue weighted by Gasteiger charge is 2.37. The lowest BCUT2D eigenvalue weighted by Gasteiger charge is -2.17. The van der Waals surface area contributed by atoms with E-state index in [0.717, 1.165) is 12.8 Å². The Hall–Kier alpha value is -2.90. The summed E-state index contributed by atoms with van der Waals surface area (Å²) in [4.78, 5) is 39.1. The summed E-state index contributed by atoms with van der Waals surface area (Å²) in [5, 5.41) is 3.09. The maximum atomic E-state index is 12.7. The van der Waals surface area contributed by atoms with Crippen molar-refractivity contribution in [3.63, 3.8) is 0 Å². The van der Waals surface area contributed by atoms with Crippen LogP contribution in [0.1, 0.15) is 43.9 Å². The van der Waals surface area contributed by atoms with Gasteiger partial charge in [0.25, 0.3) is 17.7 Å². The predicted octanol–water partition coefficient (Wildman–Crippen LogP) is 3.38. The molecule has 0 bridgehead atoms. The van der Waals surface area contributed by atoms with Crippen molar-refractivity contribution in [3.05, 3.63) is 58.1 Å². The number of fused-ring (bicyclic) bond motifs is 1. The molecule has 2 heterocycles. The van der Waals surface area contributed by atoms with Crippen LogP contribution in [-0.2, 0) is 4.74 Å². The van der Waals surface area contributed by atoms with Gasteiger partial charge in [-0.2, -0.15) is 0 Å². The second-order valence-corrected chi connectivity index (χ2v) is 7.33. The van der Waals surface area contributed by atoms with E-state index in [-0.39, 0.29) is 29.7 Å². The number of imide groups is 1. The molecule has 0 radical (unpaired) electrons. The van der Waals surface area contributed by atoms with Crippen molar-refractivity contribution in [1.29, 1.82) is 0 Å². The maximum Gasteiger partial charge on any atom is 0.261 e. The zero-order valence-electron chi connectivity index (χ0n) is 15.7. The third-order valence-corrected chi connectivity index (χ3v) is 5.35. The van der Waals surface area contributed by atoms with Crippen molar-refractivity contribution in [2.75, 3.05) is 25.6 Å². The standard InChI is InChI=1S/C21H19ClN2O5/c1-28-18-7-5-13(10-17(18)22)23-19(25)12-4-6-15-16(9-12)21(27)24(20(15)26)11-14-3-2-8-29-14/h4-7,9-10,14H,2-3,8,11H2,1H3,(H,23,25). The van der Waals surface area contributed by atoms with Crippen LogP contribution in [0, 0.1) is 0 Å². The number of carbonyl (C=O) groups is 3. The molecule has 1 atom stereocenters. The van der Waals surface area contributed by atoms with Gasteiger partial charge in [0, 0.05) is 17.9 Å². The highest BCUT2D eigenvalue weighted by Crippen LogP contribution is 2.29. The number of carbonyl (C=O) groups excluding carboxylic acids is 3. The fourth-order valence-corrected chi connectivity index (χ4v) is 3.79. The summed E-state index contributed by atoms with van der Waals surface area (Å²) in [6.07, 6.45) is 1.62. The minimum Gasteiger partial charge on any atom is -0.495 e. The lowest BCUT2D eigenvalue weighted by Crippen LogP contribution is -2.36. The normalized spacial score (nSPS) is 18.1. The summed E-state index contributed by atoms with van der Waals surface area (Å²) in [5.74, 6) is -0.665. The van der Waals surface area contributed by atoms with E-state index in [1.54, 1.807) is 18.2 Å². The number of benzene rings is 2. The lowest BCUT2D eigenvalue weighted by atomic mass is 10.1. The average molecular weight is 415 g/mol. The van der Waals surface area contributed by atoms with Crippen LogP contribution in [0.4, 0.5) is 5.69 Å². The summed E-state index contributed by atoms with van der Waals surface area (Å²) in [7, 11) is 1.50. The molecule has 2 aliphatic heterocycles. The summed E-state index contributed by atoms with van der Waals surface area (Å²) >= 11 is 6.08. The van der Waals surface area contributed by atoms with Gasteiger partial charge in [0.1, 0.15) is 5.75 Å². The molecule has 1 saturated heterocycles. The second-order valence-electron chi connectivity index (χ2n) is 6.92. The van der Waals surface area contributed by atoms with Crippen molar-refractivity contribution in [2.45, 2.75) is 18.9 Å². The van der Waals surface area contributed by atoms with Crippen LogP contribution in [-0.4, -0.2) is 49.0 Å². The van der Waals surface area contributed by atoms with Crippen molar-refractivity contribution in [2.24, 2.45) is 0 Å². The van der Waals surface area contributed by atoms with Crippen molar-refractivity contribution < 1.29 is 23.9 Å². The van der Waals surface area contributed by atoms with Gasteiger partial charge in [-0.1, -0.05) is 11.6 Å². The van der Waals surface area contributed by atoms with Gasteiger partial charge in [-0.05, 0) is 49.2 Å². The minimum absolute atomic E-state index is 0.125. The van der Waals surface area contributed by atoms with Crippen LogP contribution in [0.15, 0.2) is 36.4 Å². The number of nitrogens with zero attached hydrogens (tertiary/aromatic N) is 1. The lowest BCUT2D eigenvalue weighted by molar-refractivity contribution is 0.0475. The molecule has 0 aliphatic carbocycles. The first kappa shape index (κ1) is 19.4. The van der Waals surface area contributed by atoms with E-state index in [4.69, 9.17) is 21.1 Å². The number of anilines is 1. The van der Waals surface area contributed by atoms with Gasteiger partial charge in [0.05, 0.1) is 35.9 Å². The number of amides is 3. The molecular formula is C21H19ClN2O5. The third kappa shape index (κ3) is 3.71. The Morgan fingerprint density at radius 2 is 2.00 bits per heavy atom. The Balaban J connectivity index is 1.52. The van der Waals surface area contributed by atoms with Crippen LogP contribution >= 0.6 is 11.6 Å². The summed E-state index contributed by atoms with van der Waals surface area (Å²) in [5.41, 5.74) is 1.30. The molecule has 0 aromatic heterocycles. The van der Waals surface area contributed by atoms with E-state index in [9.17, 15) is 14.4 Å². The highest BCUT2D eigenvalue weighted by atomic mass is 35.5. The molecule has 150 valence electrons. The number of methoxy groups -OCH3 is 1. The van der Waals surface area contributed by atoms with E-state index in [1.165, 1.54) is 30.2 Å². The van der Waals surface area contributed by atoms with Crippen LogP contribution < -0.4 is 10.1 Å². The van der Waals surface area contributed by atoms with Crippen molar-refractivity contribution >= 4 is 35.0 Å². The molecule has 29 heavy (non-hydrogen) atoms. The molecule has 0 saturated carbocycles. The molecular weight excluding hydrogens is 396 g/mol. The van der Waals surface area contributed by atoms with Gasteiger partial charge in [0.2, 0.25) is 0 Å². The van der Waals surface area contributed by atoms with E-state index < -0.39 is 11.8 Å². The van der Waals surface area contributed by atoms with E-state index >= 15 is 0 Å². The summed E-state index contributed by atoms with van der Waals surface area (Å²) in [6.45, 7) is 0.881.